The molecule has 156 valence electrons. The van der Waals surface area contributed by atoms with Gasteiger partial charge in [0.15, 0.2) is 0 Å². The number of rotatable bonds is 6. The van der Waals surface area contributed by atoms with E-state index in [4.69, 9.17) is 28.9 Å². The number of carbonyl (C=O) groups is 2. The Kier molecular flexibility index (Phi) is 8.33. The highest BCUT2D eigenvalue weighted by Gasteiger charge is 2.04. The number of guanidine groups is 1. The Hall–Kier alpha value is -3.43. The van der Waals surface area contributed by atoms with Crippen LogP contribution in [0.2, 0.25) is 10.0 Å². The van der Waals surface area contributed by atoms with Gasteiger partial charge in [-0.25, -0.2) is 5.43 Å². The second-order valence-electron chi connectivity index (χ2n) is 5.93. The molecular weight excluding hydrogens is 429 g/mol. The van der Waals surface area contributed by atoms with Gasteiger partial charge in [0, 0.05) is 35.0 Å². The van der Waals surface area contributed by atoms with Crippen molar-refractivity contribution in [2.75, 3.05) is 10.6 Å². The number of nitrogens with two attached hydrogens (primary N) is 1. The first kappa shape index (κ1) is 22.9. The number of halogens is 2. The third-order valence-electron chi connectivity index (χ3n) is 3.40. The second-order valence-corrected chi connectivity index (χ2v) is 6.80. The molecule has 0 aliphatic heterocycles. The van der Waals surface area contributed by atoms with E-state index in [1.54, 1.807) is 36.4 Å². The van der Waals surface area contributed by atoms with Crippen LogP contribution in [0.1, 0.15) is 25.0 Å². The van der Waals surface area contributed by atoms with Crippen LogP contribution in [0.15, 0.2) is 51.7 Å². The number of carbonyl (C=O) groups excluding carboxylic acids is 2. The Balaban J connectivity index is 2.06. The summed E-state index contributed by atoms with van der Waals surface area (Å²) >= 11 is 11.9. The summed E-state index contributed by atoms with van der Waals surface area (Å²) in [5, 5.41) is 17.9. The molecule has 2 aromatic rings. The largest absolute Gasteiger partial charge is 0.367 e. The summed E-state index contributed by atoms with van der Waals surface area (Å²) in [6, 6.07) is 9.88. The minimum Gasteiger partial charge on any atom is -0.367 e. The molecule has 0 saturated carbocycles. The number of amides is 2. The number of hydrogen-bond donors (Lipinski definition) is 4. The van der Waals surface area contributed by atoms with E-state index in [9.17, 15) is 9.59 Å². The van der Waals surface area contributed by atoms with Gasteiger partial charge in [-0.2, -0.15) is 10.2 Å². The van der Waals surface area contributed by atoms with Crippen molar-refractivity contribution >= 4 is 64.8 Å². The summed E-state index contributed by atoms with van der Waals surface area (Å²) in [6.45, 7) is 2.78. The lowest BCUT2D eigenvalue weighted by Gasteiger charge is -2.07. The molecule has 0 spiro atoms. The second kappa shape index (κ2) is 10.9. The van der Waals surface area contributed by atoms with E-state index < -0.39 is 0 Å². The topological polar surface area (TPSA) is 133 Å². The van der Waals surface area contributed by atoms with Gasteiger partial charge in [-0.15, -0.1) is 5.10 Å². The molecule has 11 heteroatoms. The third-order valence-corrected chi connectivity index (χ3v) is 3.87. The van der Waals surface area contributed by atoms with Crippen LogP contribution >= 0.6 is 23.2 Å². The quantitative estimate of drug-likeness (QED) is 0.307. The number of nitrogens with one attached hydrogen (secondary N) is 3. The zero-order valence-corrected chi connectivity index (χ0v) is 17.6. The van der Waals surface area contributed by atoms with Gasteiger partial charge in [-0.3, -0.25) is 9.59 Å². The lowest BCUT2D eigenvalue weighted by atomic mass is 10.2. The summed E-state index contributed by atoms with van der Waals surface area (Å²) < 4.78 is 0. The Morgan fingerprint density at radius 1 is 0.900 bits per heavy atom. The van der Waals surface area contributed by atoms with E-state index in [1.165, 1.54) is 26.3 Å². The lowest BCUT2D eigenvalue weighted by molar-refractivity contribution is -0.115. The highest BCUT2D eigenvalue weighted by Crippen LogP contribution is 2.20. The highest BCUT2D eigenvalue weighted by atomic mass is 35.5. The van der Waals surface area contributed by atoms with E-state index in [1.807, 2.05) is 0 Å². The fourth-order valence-electron chi connectivity index (χ4n) is 2.22. The molecule has 2 amide bonds. The van der Waals surface area contributed by atoms with Crippen LogP contribution in [-0.4, -0.2) is 30.2 Å². The van der Waals surface area contributed by atoms with Crippen molar-refractivity contribution in [3.63, 3.8) is 0 Å². The van der Waals surface area contributed by atoms with Gasteiger partial charge in [0.1, 0.15) is 0 Å². The molecule has 0 heterocycles. The van der Waals surface area contributed by atoms with Gasteiger partial charge in [0.25, 0.3) is 0 Å². The van der Waals surface area contributed by atoms with Gasteiger partial charge in [0.2, 0.25) is 17.8 Å². The van der Waals surface area contributed by atoms with E-state index in [0.29, 0.717) is 32.5 Å². The maximum Gasteiger partial charge on any atom is 0.234 e. The highest BCUT2D eigenvalue weighted by molar-refractivity contribution is 6.31. The van der Waals surface area contributed by atoms with Crippen molar-refractivity contribution in [3.05, 3.63) is 57.6 Å². The summed E-state index contributed by atoms with van der Waals surface area (Å²) in [5.41, 5.74) is 10.4. The van der Waals surface area contributed by atoms with Crippen molar-refractivity contribution in [2.24, 2.45) is 21.0 Å². The first-order chi connectivity index (χ1) is 14.2. The zero-order valence-electron chi connectivity index (χ0n) is 16.1. The van der Waals surface area contributed by atoms with Crippen LogP contribution in [0.25, 0.3) is 0 Å². The number of hydrazone groups is 1. The van der Waals surface area contributed by atoms with Crippen LogP contribution in [0, 0.1) is 0 Å². The number of anilines is 2. The van der Waals surface area contributed by atoms with Crippen LogP contribution in [0.4, 0.5) is 11.4 Å². The molecule has 2 aromatic carbocycles. The van der Waals surface area contributed by atoms with Crippen LogP contribution in [0.3, 0.4) is 0 Å². The Bertz CT molecular complexity index is 1040. The van der Waals surface area contributed by atoms with Crippen molar-refractivity contribution in [3.8, 4) is 0 Å². The van der Waals surface area contributed by atoms with Crippen molar-refractivity contribution < 1.29 is 9.59 Å². The molecule has 9 nitrogen and oxygen atoms in total. The van der Waals surface area contributed by atoms with E-state index in [0.717, 1.165) is 0 Å². The molecule has 0 bridgehead atoms. The fraction of sp³-hybridized carbons (Fsp3) is 0.105. The normalized spacial score (nSPS) is 11.7. The predicted octanol–water partition coefficient (Wildman–Crippen LogP) is 3.18. The fourth-order valence-corrected chi connectivity index (χ4v) is 2.57. The SMILES string of the molecule is CC(=O)Nc1cc(Cl)ccc1C=NN=C(N)NN=Cc1ccc(Cl)cc1NC(C)=O. The number of nitrogens with zero attached hydrogens (tertiary/aromatic N) is 3. The first-order valence-electron chi connectivity index (χ1n) is 8.54. The van der Waals surface area contributed by atoms with E-state index >= 15 is 0 Å². The molecule has 0 aliphatic carbocycles. The molecule has 0 aliphatic rings. The molecule has 0 saturated heterocycles. The molecule has 0 fully saturated rings. The van der Waals surface area contributed by atoms with Gasteiger partial charge in [-0.1, -0.05) is 23.2 Å². The minimum absolute atomic E-state index is 0.0763. The first-order valence-corrected chi connectivity index (χ1v) is 9.30. The standard InChI is InChI=1S/C19H19Cl2N7O2/c1-11(29)25-17-7-15(20)5-3-13(17)9-23-27-19(22)28-24-10-14-4-6-16(21)8-18(14)26-12(2)30/h3-10H,1-2H3,(H,25,29)(H,26,30)(H3,22,27,28). The molecule has 0 aromatic heterocycles. The Labute approximate surface area is 183 Å². The molecule has 5 N–H and O–H groups in total. The third kappa shape index (κ3) is 7.53. The van der Waals surface area contributed by atoms with Gasteiger partial charge < -0.3 is 16.4 Å². The molecular formula is C19H19Cl2N7O2. The average Bonchev–Trinajstić information content (AvgIpc) is 2.64. The summed E-state index contributed by atoms with van der Waals surface area (Å²) in [4.78, 5) is 22.6. The zero-order chi connectivity index (χ0) is 22.1. The Morgan fingerprint density at radius 3 is 1.90 bits per heavy atom. The van der Waals surface area contributed by atoms with Gasteiger partial charge in [-0.05, 0) is 36.4 Å². The molecule has 0 radical (unpaired) electrons. The summed E-state index contributed by atoms with van der Waals surface area (Å²) in [5.74, 6) is -0.560. The summed E-state index contributed by atoms with van der Waals surface area (Å²) in [7, 11) is 0. The lowest BCUT2D eigenvalue weighted by Crippen LogP contribution is -2.26. The molecule has 30 heavy (non-hydrogen) atoms. The van der Waals surface area contributed by atoms with Gasteiger partial charge in [0.05, 0.1) is 23.8 Å². The smallest absolute Gasteiger partial charge is 0.234 e. The maximum atomic E-state index is 11.3. The molecule has 2 rings (SSSR count). The van der Waals surface area contributed by atoms with Crippen LogP contribution < -0.4 is 21.8 Å². The molecule has 0 unspecified atom stereocenters. The van der Waals surface area contributed by atoms with E-state index in [-0.39, 0.29) is 17.8 Å². The van der Waals surface area contributed by atoms with E-state index in [2.05, 4.69) is 31.4 Å². The van der Waals surface area contributed by atoms with Gasteiger partial charge >= 0.3 is 0 Å². The number of benzene rings is 2. The molecule has 0 atom stereocenters. The minimum atomic E-state index is -0.244. The average molecular weight is 448 g/mol. The predicted molar refractivity (Wildman–Crippen MR) is 121 cm³/mol. The van der Waals surface area contributed by atoms with Crippen LogP contribution in [-0.2, 0) is 9.59 Å². The monoisotopic (exact) mass is 447 g/mol. The maximum absolute atomic E-state index is 11.3. The number of hydrogen-bond acceptors (Lipinski definition) is 5. The van der Waals surface area contributed by atoms with Crippen LogP contribution in [0.5, 0.6) is 0 Å². The van der Waals surface area contributed by atoms with Crippen molar-refractivity contribution in [2.45, 2.75) is 13.8 Å². The van der Waals surface area contributed by atoms with Crippen molar-refractivity contribution in [1.82, 2.24) is 5.43 Å². The Morgan fingerprint density at radius 2 is 1.40 bits per heavy atom. The summed E-state index contributed by atoms with van der Waals surface area (Å²) in [6.07, 6.45) is 2.86. The van der Waals surface area contributed by atoms with Crippen molar-refractivity contribution in [1.29, 1.82) is 0 Å².